The first-order valence-corrected chi connectivity index (χ1v) is 14.7. The summed E-state index contributed by atoms with van der Waals surface area (Å²) in [5.41, 5.74) is 3.06. The van der Waals surface area contributed by atoms with Crippen LogP contribution in [-0.4, -0.2) is 50.2 Å². The van der Waals surface area contributed by atoms with Gasteiger partial charge >= 0.3 is 0 Å². The van der Waals surface area contributed by atoms with Gasteiger partial charge in [0, 0.05) is 42.9 Å². The normalized spacial score (nSPS) is 19.5. The van der Waals surface area contributed by atoms with Gasteiger partial charge < -0.3 is 20.0 Å². The monoisotopic (exact) mass is 577 g/mol. The fourth-order valence-electron chi connectivity index (χ4n) is 5.89. The molecule has 0 radical (unpaired) electrons. The first-order valence-electron chi connectivity index (χ1n) is 14.7. The third kappa shape index (κ3) is 5.37. The van der Waals surface area contributed by atoms with E-state index in [0.717, 1.165) is 23.4 Å². The fourth-order valence-corrected chi connectivity index (χ4v) is 5.89. The van der Waals surface area contributed by atoms with Gasteiger partial charge in [-0.25, -0.2) is 0 Å². The van der Waals surface area contributed by atoms with Crippen molar-refractivity contribution in [3.63, 3.8) is 0 Å². The quantitative estimate of drug-likeness (QED) is 0.205. The molecule has 220 valence electrons. The number of carbonyl (C=O) groups is 2. The Bertz CT molecular complexity index is 1630. The van der Waals surface area contributed by atoms with Crippen molar-refractivity contribution in [2.24, 2.45) is 5.92 Å². The number of benzene rings is 3. The zero-order valence-electron chi connectivity index (χ0n) is 24.1. The van der Waals surface area contributed by atoms with Crippen LogP contribution >= 0.6 is 0 Å². The van der Waals surface area contributed by atoms with Crippen molar-refractivity contribution < 1.29 is 19.8 Å². The topological polar surface area (TPSA) is 112 Å². The number of hydrogen-bond acceptors (Lipinski definition) is 6. The first kappa shape index (κ1) is 28.5. The molecular weight excluding hydrogens is 542 g/mol. The van der Waals surface area contributed by atoms with Gasteiger partial charge in [0.15, 0.2) is 5.60 Å². The summed E-state index contributed by atoms with van der Waals surface area (Å²) in [7, 11) is 0. The minimum atomic E-state index is -1.69. The van der Waals surface area contributed by atoms with E-state index in [1.807, 2.05) is 104 Å². The lowest BCUT2D eigenvalue weighted by molar-refractivity contribution is -0.139. The zero-order valence-corrected chi connectivity index (χ0v) is 24.1. The third-order valence-corrected chi connectivity index (χ3v) is 8.52. The minimum Gasteiger partial charge on any atom is -0.395 e. The van der Waals surface area contributed by atoms with Crippen LogP contribution in [0, 0.1) is 5.92 Å². The Morgan fingerprint density at radius 1 is 1.00 bits per heavy atom. The molecule has 1 unspecified atom stereocenters. The first-order chi connectivity index (χ1) is 20.9. The fraction of sp³-hybridized carbons (Fsp3) is 0.294. The summed E-state index contributed by atoms with van der Waals surface area (Å²) in [4.78, 5) is 29.0. The molecule has 3 heterocycles. The number of allylic oxidation sites excluding steroid dienone is 1. The Kier molecular flexibility index (Phi) is 7.92. The van der Waals surface area contributed by atoms with E-state index in [1.165, 1.54) is 0 Å². The lowest BCUT2D eigenvalue weighted by atomic mass is 9.83. The molecule has 9 nitrogen and oxygen atoms in total. The van der Waals surface area contributed by atoms with Crippen LogP contribution in [-0.2, 0) is 28.3 Å². The molecule has 9 heteroatoms. The lowest BCUT2D eigenvalue weighted by Gasteiger charge is -2.31. The van der Waals surface area contributed by atoms with Crippen LogP contribution in [0.2, 0.25) is 0 Å². The van der Waals surface area contributed by atoms with E-state index in [-0.39, 0.29) is 24.3 Å². The van der Waals surface area contributed by atoms with Gasteiger partial charge in [-0.15, -0.1) is 5.10 Å². The molecule has 0 aliphatic carbocycles. The van der Waals surface area contributed by atoms with Crippen molar-refractivity contribution in [3.05, 3.63) is 120 Å². The molecule has 0 spiro atoms. The summed E-state index contributed by atoms with van der Waals surface area (Å²) in [6.45, 7) is 3.41. The minimum absolute atomic E-state index is 0.0594. The largest absolute Gasteiger partial charge is 0.395 e. The molecule has 3 atom stereocenters. The van der Waals surface area contributed by atoms with Gasteiger partial charge in [-0.1, -0.05) is 85.0 Å². The predicted octanol–water partition coefficient (Wildman–Crippen LogP) is 4.16. The van der Waals surface area contributed by atoms with Crippen LogP contribution in [0.15, 0.2) is 97.2 Å². The molecular formula is C34H35N5O4. The van der Waals surface area contributed by atoms with Crippen molar-refractivity contribution in [2.45, 2.75) is 44.4 Å². The smallest absolute Gasteiger partial charge is 0.264 e. The molecule has 2 aliphatic rings. The highest BCUT2D eigenvalue weighted by atomic mass is 16.3. The summed E-state index contributed by atoms with van der Waals surface area (Å²) in [6.07, 6.45) is 6.90. The Balaban J connectivity index is 1.12. The van der Waals surface area contributed by atoms with Gasteiger partial charge in [-0.3, -0.25) is 14.3 Å². The molecule has 1 aromatic heterocycles. The van der Waals surface area contributed by atoms with E-state index < -0.39 is 11.5 Å². The summed E-state index contributed by atoms with van der Waals surface area (Å²) >= 11 is 0. The molecule has 43 heavy (non-hydrogen) atoms. The Hall–Kier alpha value is -4.60. The number of amides is 2. The van der Waals surface area contributed by atoms with Crippen LogP contribution in [0.4, 0.5) is 11.4 Å². The molecule has 0 bridgehead atoms. The maximum absolute atomic E-state index is 13.8. The van der Waals surface area contributed by atoms with Crippen LogP contribution < -0.4 is 9.80 Å². The Morgan fingerprint density at radius 3 is 2.44 bits per heavy atom. The van der Waals surface area contributed by atoms with Gasteiger partial charge in [0.1, 0.15) is 0 Å². The van der Waals surface area contributed by atoms with Gasteiger partial charge in [-0.05, 0) is 35.7 Å². The van der Waals surface area contributed by atoms with Crippen molar-refractivity contribution in [1.29, 1.82) is 0 Å². The number of aromatic nitrogens is 3. The Labute approximate surface area is 250 Å². The summed E-state index contributed by atoms with van der Waals surface area (Å²) in [5, 5.41) is 30.3. The van der Waals surface area contributed by atoms with E-state index in [9.17, 15) is 19.8 Å². The number of anilines is 2. The maximum atomic E-state index is 13.8. The second-order valence-electron chi connectivity index (χ2n) is 11.2. The number of nitrogens with zero attached hydrogens (tertiary/aromatic N) is 5. The van der Waals surface area contributed by atoms with Crippen molar-refractivity contribution in [2.75, 3.05) is 23.0 Å². The van der Waals surface area contributed by atoms with Crippen LogP contribution in [0.25, 0.3) is 0 Å². The second-order valence-corrected chi connectivity index (χ2v) is 11.2. The van der Waals surface area contributed by atoms with Crippen LogP contribution in [0.3, 0.4) is 0 Å². The number of aryl methyl sites for hydroxylation is 1. The molecule has 1 fully saturated rings. The Morgan fingerprint density at radius 2 is 1.74 bits per heavy atom. The molecule has 2 aliphatic heterocycles. The van der Waals surface area contributed by atoms with E-state index in [1.54, 1.807) is 14.5 Å². The van der Waals surface area contributed by atoms with E-state index in [0.29, 0.717) is 42.9 Å². The number of fused-ring (bicyclic) bond motifs is 1. The van der Waals surface area contributed by atoms with E-state index in [4.69, 9.17) is 0 Å². The summed E-state index contributed by atoms with van der Waals surface area (Å²) in [5.74, 6) is -0.953. The molecule has 1 saturated heterocycles. The number of hydrogen-bond donors (Lipinski definition) is 2. The number of β-lactam (4-membered cyclic amide) rings is 1. The highest BCUT2D eigenvalue weighted by Gasteiger charge is 2.52. The summed E-state index contributed by atoms with van der Waals surface area (Å²) in [6, 6.07) is 24.8. The SMILES string of the molecule is C[C@@H](/C=C/CCn1cc(C(CO)c2ccccc2)nn1)[C@]1(O)C(=O)N(Cc2ccc(N3CCC3=O)cc2)c2ccccc21. The van der Waals surface area contributed by atoms with Crippen LogP contribution in [0.1, 0.15) is 48.1 Å². The molecule has 3 aromatic carbocycles. The van der Waals surface area contributed by atoms with Gasteiger partial charge in [-0.2, -0.15) is 0 Å². The van der Waals surface area contributed by atoms with Gasteiger partial charge in [0.25, 0.3) is 5.91 Å². The number of para-hydroxylation sites is 1. The number of aliphatic hydroxyl groups is 2. The number of aliphatic hydroxyl groups excluding tert-OH is 1. The second kappa shape index (κ2) is 11.9. The highest BCUT2D eigenvalue weighted by molar-refractivity contribution is 6.07. The summed E-state index contributed by atoms with van der Waals surface area (Å²) < 4.78 is 1.74. The van der Waals surface area contributed by atoms with Crippen molar-refractivity contribution in [1.82, 2.24) is 15.0 Å². The molecule has 0 saturated carbocycles. The molecule has 4 aromatic rings. The average molecular weight is 578 g/mol. The van der Waals surface area contributed by atoms with Gasteiger partial charge in [0.05, 0.1) is 30.5 Å². The van der Waals surface area contributed by atoms with Gasteiger partial charge in [0.2, 0.25) is 5.91 Å². The zero-order chi connectivity index (χ0) is 30.0. The van der Waals surface area contributed by atoms with Crippen molar-refractivity contribution >= 4 is 23.2 Å². The van der Waals surface area contributed by atoms with Crippen molar-refractivity contribution in [3.8, 4) is 0 Å². The molecule has 6 rings (SSSR count). The number of rotatable bonds is 11. The predicted molar refractivity (Wildman–Crippen MR) is 163 cm³/mol. The van der Waals surface area contributed by atoms with E-state index in [2.05, 4.69) is 10.3 Å². The highest BCUT2D eigenvalue weighted by Crippen LogP contribution is 2.45. The molecule has 2 amide bonds. The standard InChI is InChI=1S/C34H35N5O4/c1-24(9-7-8-19-37-22-30(35-36-37)28(23-40)26-10-3-2-4-11-26)34(43)29-12-5-6-13-31(29)39(33(34)42)21-25-14-16-27(17-15-25)38-20-18-32(38)41/h2-7,9-17,22,24,28,40,43H,8,18-21,23H2,1H3/b9-7+/t24-,28?,34+/m0/s1. The van der Waals surface area contributed by atoms with Crippen LogP contribution in [0.5, 0.6) is 0 Å². The third-order valence-electron chi connectivity index (χ3n) is 8.52. The number of carbonyl (C=O) groups excluding carboxylic acids is 2. The lowest BCUT2D eigenvalue weighted by Crippen LogP contribution is -2.44. The molecule has 2 N–H and O–H groups in total. The van der Waals surface area contributed by atoms with E-state index >= 15 is 0 Å². The average Bonchev–Trinajstić information content (AvgIpc) is 3.58. The maximum Gasteiger partial charge on any atom is 0.264 e.